The molecule has 23 heavy (non-hydrogen) atoms. The van der Waals surface area contributed by atoms with E-state index in [0.29, 0.717) is 23.7 Å². The van der Waals surface area contributed by atoms with Crippen molar-refractivity contribution in [3.05, 3.63) is 48.0 Å². The SMILES string of the molecule is COc1cc(NC(=O)NCc2ccccc2OC)cc(OC)c1. The van der Waals surface area contributed by atoms with Gasteiger partial charge in [-0.05, 0) is 6.07 Å². The Kier molecular flexibility index (Phi) is 5.68. The van der Waals surface area contributed by atoms with Gasteiger partial charge in [-0.2, -0.15) is 0 Å². The summed E-state index contributed by atoms with van der Waals surface area (Å²) >= 11 is 0. The zero-order valence-electron chi connectivity index (χ0n) is 13.4. The zero-order valence-corrected chi connectivity index (χ0v) is 13.4. The molecule has 0 radical (unpaired) electrons. The van der Waals surface area contributed by atoms with Crippen LogP contribution in [0, 0.1) is 0 Å². The third-order valence-electron chi connectivity index (χ3n) is 3.24. The number of hydrogen-bond acceptors (Lipinski definition) is 4. The van der Waals surface area contributed by atoms with Crippen molar-refractivity contribution >= 4 is 11.7 Å². The number of urea groups is 1. The van der Waals surface area contributed by atoms with Crippen molar-refractivity contribution in [2.45, 2.75) is 6.54 Å². The third kappa shape index (κ3) is 4.54. The van der Waals surface area contributed by atoms with Crippen LogP contribution in [0.1, 0.15) is 5.56 Å². The molecule has 0 atom stereocenters. The minimum Gasteiger partial charge on any atom is -0.497 e. The number of carbonyl (C=O) groups excluding carboxylic acids is 1. The topological polar surface area (TPSA) is 68.8 Å². The summed E-state index contributed by atoms with van der Waals surface area (Å²) in [7, 11) is 4.71. The van der Waals surface area contributed by atoms with Crippen LogP contribution in [0.2, 0.25) is 0 Å². The summed E-state index contributed by atoms with van der Waals surface area (Å²) in [5.74, 6) is 1.93. The van der Waals surface area contributed by atoms with Gasteiger partial charge in [0.1, 0.15) is 17.2 Å². The molecule has 6 heteroatoms. The van der Waals surface area contributed by atoms with Gasteiger partial charge in [-0.25, -0.2) is 4.79 Å². The molecular weight excluding hydrogens is 296 g/mol. The Labute approximate surface area is 135 Å². The largest absolute Gasteiger partial charge is 0.497 e. The molecule has 2 aromatic carbocycles. The van der Waals surface area contributed by atoms with Crippen molar-refractivity contribution in [2.75, 3.05) is 26.6 Å². The van der Waals surface area contributed by atoms with E-state index < -0.39 is 0 Å². The van der Waals surface area contributed by atoms with E-state index in [-0.39, 0.29) is 6.03 Å². The van der Waals surface area contributed by atoms with Crippen LogP contribution in [0.5, 0.6) is 17.2 Å². The van der Waals surface area contributed by atoms with Crippen LogP contribution < -0.4 is 24.8 Å². The molecule has 122 valence electrons. The van der Waals surface area contributed by atoms with Crippen molar-refractivity contribution in [1.29, 1.82) is 0 Å². The van der Waals surface area contributed by atoms with E-state index in [1.54, 1.807) is 39.5 Å². The maximum Gasteiger partial charge on any atom is 0.319 e. The smallest absolute Gasteiger partial charge is 0.319 e. The van der Waals surface area contributed by atoms with Gasteiger partial charge in [0.2, 0.25) is 0 Å². The summed E-state index contributed by atoms with van der Waals surface area (Å²) in [5, 5.41) is 5.53. The molecule has 0 aliphatic rings. The van der Waals surface area contributed by atoms with Gasteiger partial charge in [0.25, 0.3) is 0 Å². The van der Waals surface area contributed by atoms with E-state index >= 15 is 0 Å². The monoisotopic (exact) mass is 316 g/mol. The minimum atomic E-state index is -0.328. The van der Waals surface area contributed by atoms with Crippen molar-refractivity contribution in [3.8, 4) is 17.2 Å². The van der Waals surface area contributed by atoms with Gasteiger partial charge in [-0.1, -0.05) is 18.2 Å². The summed E-state index contributed by atoms with van der Waals surface area (Å²) in [6, 6.07) is 12.4. The third-order valence-corrected chi connectivity index (χ3v) is 3.24. The second-order valence-electron chi connectivity index (χ2n) is 4.72. The molecule has 2 N–H and O–H groups in total. The number of ether oxygens (including phenoxy) is 3. The molecule has 0 saturated carbocycles. The van der Waals surface area contributed by atoms with Crippen molar-refractivity contribution in [2.24, 2.45) is 0 Å². The van der Waals surface area contributed by atoms with E-state index in [0.717, 1.165) is 11.3 Å². The Bertz CT molecular complexity index is 651. The van der Waals surface area contributed by atoms with Crippen LogP contribution in [0.4, 0.5) is 10.5 Å². The van der Waals surface area contributed by atoms with Gasteiger partial charge in [0.15, 0.2) is 0 Å². The van der Waals surface area contributed by atoms with E-state index in [1.165, 1.54) is 0 Å². The molecule has 0 unspecified atom stereocenters. The molecule has 2 aromatic rings. The number of hydrogen-bond donors (Lipinski definition) is 2. The minimum absolute atomic E-state index is 0.328. The first kappa shape index (κ1) is 16.5. The molecule has 0 heterocycles. The highest BCUT2D eigenvalue weighted by atomic mass is 16.5. The molecule has 0 saturated heterocycles. The maximum atomic E-state index is 12.0. The predicted octanol–water partition coefficient (Wildman–Crippen LogP) is 3.03. The number of carbonyl (C=O) groups is 1. The maximum absolute atomic E-state index is 12.0. The number of methoxy groups -OCH3 is 3. The highest BCUT2D eigenvalue weighted by Gasteiger charge is 2.07. The number of anilines is 1. The molecule has 2 amide bonds. The van der Waals surface area contributed by atoms with Gasteiger partial charge >= 0.3 is 6.03 Å². The van der Waals surface area contributed by atoms with Crippen LogP contribution in [0.25, 0.3) is 0 Å². The van der Waals surface area contributed by atoms with Crippen LogP contribution in [0.3, 0.4) is 0 Å². The zero-order chi connectivity index (χ0) is 16.7. The van der Waals surface area contributed by atoms with Gasteiger partial charge in [-0.15, -0.1) is 0 Å². The number of rotatable bonds is 6. The molecule has 0 aliphatic carbocycles. The molecule has 2 rings (SSSR count). The molecular formula is C17H20N2O4. The average molecular weight is 316 g/mol. The highest BCUT2D eigenvalue weighted by molar-refractivity contribution is 5.89. The van der Waals surface area contributed by atoms with Gasteiger partial charge in [0, 0.05) is 36.0 Å². The summed E-state index contributed by atoms with van der Waals surface area (Å²) in [4.78, 5) is 12.0. The Balaban J connectivity index is 1.99. The van der Waals surface area contributed by atoms with E-state index in [9.17, 15) is 4.79 Å². The van der Waals surface area contributed by atoms with Crippen LogP contribution in [0.15, 0.2) is 42.5 Å². The van der Waals surface area contributed by atoms with E-state index in [1.807, 2.05) is 24.3 Å². The van der Waals surface area contributed by atoms with Gasteiger partial charge < -0.3 is 24.8 Å². The van der Waals surface area contributed by atoms with Gasteiger partial charge in [-0.3, -0.25) is 0 Å². The van der Waals surface area contributed by atoms with Crippen LogP contribution in [-0.4, -0.2) is 27.4 Å². The highest BCUT2D eigenvalue weighted by Crippen LogP contribution is 2.25. The Morgan fingerprint density at radius 2 is 1.61 bits per heavy atom. The Hall–Kier alpha value is -2.89. The molecule has 6 nitrogen and oxygen atoms in total. The van der Waals surface area contributed by atoms with Crippen LogP contribution >= 0.6 is 0 Å². The van der Waals surface area contributed by atoms with E-state index in [2.05, 4.69) is 10.6 Å². The fraction of sp³-hybridized carbons (Fsp3) is 0.235. The first-order valence-corrected chi connectivity index (χ1v) is 7.06. The first-order valence-electron chi connectivity index (χ1n) is 7.06. The summed E-state index contributed by atoms with van der Waals surface area (Å²) in [5.41, 5.74) is 1.48. The number of amides is 2. The van der Waals surface area contributed by atoms with Gasteiger partial charge in [0.05, 0.1) is 21.3 Å². The lowest BCUT2D eigenvalue weighted by Gasteiger charge is -2.12. The Morgan fingerprint density at radius 3 is 2.22 bits per heavy atom. The number of benzene rings is 2. The standard InChI is InChI=1S/C17H20N2O4/c1-21-14-8-13(9-15(10-14)22-2)19-17(20)18-11-12-6-4-5-7-16(12)23-3/h4-10H,11H2,1-3H3,(H2,18,19,20). The fourth-order valence-corrected chi connectivity index (χ4v) is 2.08. The van der Waals surface area contributed by atoms with Crippen molar-refractivity contribution in [1.82, 2.24) is 5.32 Å². The summed E-state index contributed by atoms with van der Waals surface area (Å²) < 4.78 is 15.6. The lowest BCUT2D eigenvalue weighted by molar-refractivity contribution is 0.251. The molecule has 0 aliphatic heterocycles. The molecule has 0 spiro atoms. The number of nitrogens with one attached hydrogen (secondary N) is 2. The predicted molar refractivity (Wildman–Crippen MR) is 88.4 cm³/mol. The molecule has 0 fully saturated rings. The van der Waals surface area contributed by atoms with Crippen molar-refractivity contribution in [3.63, 3.8) is 0 Å². The van der Waals surface area contributed by atoms with Crippen LogP contribution in [-0.2, 0) is 6.54 Å². The molecule has 0 bridgehead atoms. The second-order valence-corrected chi connectivity index (χ2v) is 4.72. The normalized spacial score (nSPS) is 9.87. The average Bonchev–Trinajstić information content (AvgIpc) is 2.59. The van der Waals surface area contributed by atoms with E-state index in [4.69, 9.17) is 14.2 Å². The summed E-state index contributed by atoms with van der Waals surface area (Å²) in [6.45, 7) is 0.358. The first-order chi connectivity index (χ1) is 11.2. The van der Waals surface area contributed by atoms with Crippen molar-refractivity contribution < 1.29 is 19.0 Å². The number of para-hydroxylation sites is 1. The lowest BCUT2D eigenvalue weighted by atomic mass is 10.2. The fourth-order valence-electron chi connectivity index (χ4n) is 2.08. The Morgan fingerprint density at radius 1 is 0.957 bits per heavy atom. The quantitative estimate of drug-likeness (QED) is 0.859. The molecule has 0 aromatic heterocycles. The second kappa shape index (κ2) is 7.93. The lowest BCUT2D eigenvalue weighted by Crippen LogP contribution is -2.28. The summed E-state index contributed by atoms with van der Waals surface area (Å²) in [6.07, 6.45) is 0.